The lowest BCUT2D eigenvalue weighted by molar-refractivity contribution is -0.120. The fourth-order valence-corrected chi connectivity index (χ4v) is 1.66. The minimum Gasteiger partial charge on any atom is -0.389 e. The zero-order valence-electron chi connectivity index (χ0n) is 11.7. The van der Waals surface area contributed by atoms with Gasteiger partial charge in [0.15, 0.2) is 0 Å². The van der Waals surface area contributed by atoms with E-state index in [1.807, 2.05) is 13.8 Å². The largest absolute Gasteiger partial charge is 0.389 e. The molecule has 0 aliphatic rings. The van der Waals surface area contributed by atoms with Crippen LogP contribution in [0, 0.1) is 11.7 Å². The van der Waals surface area contributed by atoms with Gasteiger partial charge in [-0.05, 0) is 24.1 Å². The Morgan fingerprint density at radius 3 is 2.70 bits per heavy atom. The number of benzene rings is 1. The molecule has 110 valence electrons. The molecule has 1 aromatic carbocycles. The van der Waals surface area contributed by atoms with Crippen molar-refractivity contribution in [3.05, 3.63) is 29.6 Å². The van der Waals surface area contributed by atoms with E-state index in [0.717, 1.165) is 0 Å². The van der Waals surface area contributed by atoms with Crippen LogP contribution in [0.4, 0.5) is 10.1 Å². The Morgan fingerprint density at radius 2 is 2.15 bits per heavy atom. The summed E-state index contributed by atoms with van der Waals surface area (Å²) in [5.41, 5.74) is 6.24. The van der Waals surface area contributed by atoms with Crippen molar-refractivity contribution in [2.24, 2.45) is 11.7 Å². The maximum Gasteiger partial charge on any atom is 0.221 e. The van der Waals surface area contributed by atoms with Crippen molar-refractivity contribution in [1.29, 1.82) is 0 Å². The molecule has 0 aliphatic carbocycles. The van der Waals surface area contributed by atoms with Crippen molar-refractivity contribution < 1.29 is 9.18 Å². The molecule has 0 unspecified atom stereocenters. The number of amides is 1. The third-order valence-electron chi connectivity index (χ3n) is 2.63. The summed E-state index contributed by atoms with van der Waals surface area (Å²) in [5, 5.41) is 5.68. The SMILES string of the molecule is CC(C)CNC(=O)CCNc1ccc(C(N)=S)cc1F. The molecule has 0 spiro atoms. The first-order chi connectivity index (χ1) is 9.40. The quantitative estimate of drug-likeness (QED) is 0.674. The third kappa shape index (κ3) is 5.52. The normalized spacial score (nSPS) is 10.4. The Bertz CT molecular complexity index is 491. The number of nitrogens with one attached hydrogen (secondary N) is 2. The zero-order chi connectivity index (χ0) is 15.1. The molecule has 0 aliphatic heterocycles. The number of hydrogen-bond acceptors (Lipinski definition) is 3. The summed E-state index contributed by atoms with van der Waals surface area (Å²) in [7, 11) is 0. The molecule has 0 atom stereocenters. The maximum atomic E-state index is 13.7. The monoisotopic (exact) mass is 297 g/mol. The molecule has 0 radical (unpaired) electrons. The van der Waals surface area contributed by atoms with Crippen LogP contribution in [0.3, 0.4) is 0 Å². The van der Waals surface area contributed by atoms with Crippen LogP contribution in [0.15, 0.2) is 18.2 Å². The first-order valence-corrected chi connectivity index (χ1v) is 6.91. The predicted molar refractivity (Wildman–Crippen MR) is 83.2 cm³/mol. The molecule has 0 heterocycles. The van der Waals surface area contributed by atoms with Gasteiger partial charge in [0.1, 0.15) is 10.8 Å². The highest BCUT2D eigenvalue weighted by Gasteiger charge is 2.06. The Labute approximate surface area is 123 Å². The molecule has 4 nitrogen and oxygen atoms in total. The highest BCUT2D eigenvalue weighted by molar-refractivity contribution is 7.80. The van der Waals surface area contributed by atoms with Gasteiger partial charge >= 0.3 is 0 Å². The highest BCUT2D eigenvalue weighted by atomic mass is 32.1. The van der Waals surface area contributed by atoms with Gasteiger partial charge in [-0.3, -0.25) is 4.79 Å². The third-order valence-corrected chi connectivity index (χ3v) is 2.86. The van der Waals surface area contributed by atoms with Gasteiger partial charge in [-0.15, -0.1) is 0 Å². The lowest BCUT2D eigenvalue weighted by Gasteiger charge is -2.10. The number of halogens is 1. The zero-order valence-corrected chi connectivity index (χ0v) is 12.5. The molecule has 1 amide bonds. The van der Waals surface area contributed by atoms with Crippen molar-refractivity contribution in [2.45, 2.75) is 20.3 Å². The van der Waals surface area contributed by atoms with E-state index in [9.17, 15) is 9.18 Å². The van der Waals surface area contributed by atoms with Crippen molar-refractivity contribution >= 4 is 28.8 Å². The van der Waals surface area contributed by atoms with Gasteiger partial charge in [0.25, 0.3) is 0 Å². The number of carbonyl (C=O) groups is 1. The molecular weight excluding hydrogens is 277 g/mol. The molecule has 1 rings (SSSR count). The Hall–Kier alpha value is -1.69. The fraction of sp³-hybridized carbons (Fsp3) is 0.429. The Kier molecular flexibility index (Phi) is 6.38. The molecule has 0 fully saturated rings. The van der Waals surface area contributed by atoms with E-state index in [1.165, 1.54) is 6.07 Å². The smallest absolute Gasteiger partial charge is 0.221 e. The standard InChI is InChI=1S/C14H20FN3OS/c1-9(2)8-18-13(19)5-6-17-12-4-3-10(14(16)20)7-11(12)15/h3-4,7,9,17H,5-6,8H2,1-2H3,(H2,16,20)(H,18,19). The molecule has 0 saturated carbocycles. The van der Waals surface area contributed by atoms with Crippen LogP contribution in [-0.2, 0) is 4.79 Å². The summed E-state index contributed by atoms with van der Waals surface area (Å²) in [5.74, 6) is -0.0683. The van der Waals surface area contributed by atoms with E-state index in [1.54, 1.807) is 12.1 Å². The van der Waals surface area contributed by atoms with Crippen LogP contribution >= 0.6 is 12.2 Å². The second-order valence-electron chi connectivity index (χ2n) is 4.93. The van der Waals surface area contributed by atoms with Crippen molar-refractivity contribution in [3.63, 3.8) is 0 Å². The van der Waals surface area contributed by atoms with Crippen LogP contribution in [0.5, 0.6) is 0 Å². The highest BCUT2D eigenvalue weighted by Crippen LogP contribution is 2.15. The molecule has 6 heteroatoms. The van der Waals surface area contributed by atoms with E-state index >= 15 is 0 Å². The van der Waals surface area contributed by atoms with Gasteiger partial charge in [0.2, 0.25) is 5.91 Å². The molecule has 20 heavy (non-hydrogen) atoms. The molecule has 0 saturated heterocycles. The average molecular weight is 297 g/mol. The van der Waals surface area contributed by atoms with Gasteiger partial charge in [-0.25, -0.2) is 4.39 Å². The number of thiocarbonyl (C=S) groups is 1. The number of nitrogens with two attached hydrogens (primary N) is 1. The molecule has 0 bridgehead atoms. The lowest BCUT2D eigenvalue weighted by atomic mass is 10.2. The van der Waals surface area contributed by atoms with Gasteiger partial charge in [0.05, 0.1) is 5.69 Å². The summed E-state index contributed by atoms with van der Waals surface area (Å²) in [6.07, 6.45) is 0.295. The summed E-state index contributed by atoms with van der Waals surface area (Å²) in [4.78, 5) is 11.6. The predicted octanol–water partition coefficient (Wildman–Crippen LogP) is 2.03. The van der Waals surface area contributed by atoms with Gasteiger partial charge in [0, 0.05) is 25.1 Å². The van der Waals surface area contributed by atoms with Crippen LogP contribution in [0.1, 0.15) is 25.8 Å². The van der Waals surface area contributed by atoms with Crippen molar-refractivity contribution in [2.75, 3.05) is 18.4 Å². The average Bonchev–Trinajstić information content (AvgIpc) is 2.38. The topological polar surface area (TPSA) is 67.2 Å². The van der Waals surface area contributed by atoms with Gasteiger partial charge in [-0.2, -0.15) is 0 Å². The number of carbonyl (C=O) groups excluding carboxylic acids is 1. The molecule has 0 aromatic heterocycles. The fourth-order valence-electron chi connectivity index (χ4n) is 1.53. The Morgan fingerprint density at radius 1 is 1.45 bits per heavy atom. The van der Waals surface area contributed by atoms with E-state index in [0.29, 0.717) is 36.7 Å². The van der Waals surface area contributed by atoms with E-state index in [2.05, 4.69) is 10.6 Å². The molecule has 1 aromatic rings. The Balaban J connectivity index is 2.42. The first-order valence-electron chi connectivity index (χ1n) is 6.50. The van der Waals surface area contributed by atoms with Crippen molar-refractivity contribution in [1.82, 2.24) is 5.32 Å². The second kappa shape index (κ2) is 7.79. The van der Waals surface area contributed by atoms with Crippen molar-refractivity contribution in [3.8, 4) is 0 Å². The summed E-state index contributed by atoms with van der Waals surface area (Å²) in [6.45, 7) is 5.07. The summed E-state index contributed by atoms with van der Waals surface area (Å²) >= 11 is 4.77. The van der Waals surface area contributed by atoms with Gasteiger partial charge in [-0.1, -0.05) is 26.1 Å². The summed E-state index contributed by atoms with van der Waals surface area (Å²) in [6, 6.07) is 4.49. The van der Waals surface area contributed by atoms with E-state index < -0.39 is 5.82 Å². The lowest BCUT2D eigenvalue weighted by Crippen LogP contribution is -2.28. The van der Waals surface area contributed by atoms with Gasteiger partial charge < -0.3 is 16.4 Å². The minimum atomic E-state index is -0.433. The van der Waals surface area contributed by atoms with Crippen LogP contribution < -0.4 is 16.4 Å². The maximum absolute atomic E-state index is 13.7. The number of anilines is 1. The second-order valence-corrected chi connectivity index (χ2v) is 5.37. The van der Waals surface area contributed by atoms with E-state index in [4.69, 9.17) is 18.0 Å². The minimum absolute atomic E-state index is 0.0497. The number of rotatable bonds is 7. The molecular formula is C14H20FN3OS. The van der Waals surface area contributed by atoms with Crippen LogP contribution in [0.2, 0.25) is 0 Å². The summed E-state index contributed by atoms with van der Waals surface area (Å²) < 4.78 is 13.7. The molecule has 4 N–H and O–H groups in total. The van der Waals surface area contributed by atoms with E-state index in [-0.39, 0.29) is 10.9 Å². The number of hydrogen-bond donors (Lipinski definition) is 3. The first kappa shape index (κ1) is 16.4. The van der Waals surface area contributed by atoms with Crippen LogP contribution in [-0.4, -0.2) is 24.0 Å². The van der Waals surface area contributed by atoms with Crippen LogP contribution in [0.25, 0.3) is 0 Å².